The average Bonchev–Trinajstić information content (AvgIpc) is 3.01. The predicted molar refractivity (Wildman–Crippen MR) is 128 cm³/mol. The van der Waals surface area contributed by atoms with E-state index in [-0.39, 0.29) is 0 Å². The van der Waals surface area contributed by atoms with Crippen LogP contribution in [0.3, 0.4) is 0 Å². The number of ether oxygens (including phenoxy) is 2. The fourth-order valence-corrected chi connectivity index (χ4v) is 7.90. The van der Waals surface area contributed by atoms with Gasteiger partial charge in [-0.2, -0.15) is 0 Å². The summed E-state index contributed by atoms with van der Waals surface area (Å²) in [4.78, 5) is 0. The molecule has 0 N–H and O–H groups in total. The molecule has 3 aromatic rings. The van der Waals surface area contributed by atoms with E-state index in [0.29, 0.717) is 5.75 Å². The van der Waals surface area contributed by atoms with Gasteiger partial charge >= 0.3 is 0 Å². The molecule has 29 heavy (non-hydrogen) atoms. The van der Waals surface area contributed by atoms with Crippen molar-refractivity contribution in [2.45, 2.75) is 40.4 Å². The van der Waals surface area contributed by atoms with Gasteiger partial charge in [-0.3, -0.25) is 0 Å². The largest absolute Gasteiger partial charge is 0.449 e. The molecule has 1 aliphatic rings. The molecule has 0 aliphatic carbocycles. The summed E-state index contributed by atoms with van der Waals surface area (Å²) in [5.74, 6) is 0.691. The van der Waals surface area contributed by atoms with Gasteiger partial charge < -0.3 is 14.0 Å². The lowest BCUT2D eigenvalue weighted by Crippen LogP contribution is -2.30. The van der Waals surface area contributed by atoms with E-state index >= 15 is 0 Å². The lowest BCUT2D eigenvalue weighted by Gasteiger charge is -2.23. The predicted octanol–water partition coefficient (Wildman–Crippen LogP) is 5.36. The van der Waals surface area contributed by atoms with Crippen molar-refractivity contribution >= 4 is 45.6 Å². The smallest absolute Gasteiger partial charge is 0.246 e. The van der Waals surface area contributed by atoms with Gasteiger partial charge in [-0.15, -0.1) is 0 Å². The number of aryl methyl sites for hydroxylation is 3. The van der Waals surface area contributed by atoms with Gasteiger partial charge in [-0.05, 0) is 55.0 Å². The summed E-state index contributed by atoms with van der Waals surface area (Å²) in [5.41, 5.74) is 3.21. The third-order valence-electron chi connectivity index (χ3n) is 5.17. The van der Waals surface area contributed by atoms with Crippen molar-refractivity contribution in [3.63, 3.8) is 0 Å². The van der Waals surface area contributed by atoms with Crippen LogP contribution < -0.4 is 25.4 Å². The molecule has 4 rings (SSSR count). The summed E-state index contributed by atoms with van der Waals surface area (Å²) >= 11 is 2.25. The van der Waals surface area contributed by atoms with Crippen molar-refractivity contribution in [3.8, 4) is 11.5 Å². The summed E-state index contributed by atoms with van der Waals surface area (Å²) in [7, 11) is -3.10. The molecule has 150 valence electrons. The number of hydrogen-bond acceptors (Lipinski definition) is 3. The van der Waals surface area contributed by atoms with Crippen LogP contribution in [-0.2, 0) is 4.57 Å². The molecule has 0 fully saturated rings. The molecule has 0 amide bonds. The number of halogens is 1. The Hall–Kier alpha value is -1.78. The zero-order valence-corrected chi connectivity index (χ0v) is 20.3. The second-order valence-corrected chi connectivity index (χ2v) is 11.9. The van der Waals surface area contributed by atoms with Crippen LogP contribution in [0.4, 0.5) is 0 Å². The van der Waals surface area contributed by atoms with Crippen LogP contribution in [0, 0.1) is 24.3 Å². The Labute approximate surface area is 186 Å². The van der Waals surface area contributed by atoms with Crippen LogP contribution in [0.1, 0.15) is 30.5 Å². The van der Waals surface area contributed by atoms with E-state index in [4.69, 9.17) is 9.47 Å². The molecule has 5 heteroatoms. The highest BCUT2D eigenvalue weighted by Crippen LogP contribution is 2.50. The first kappa shape index (κ1) is 20.5. The van der Waals surface area contributed by atoms with Crippen LogP contribution in [0.2, 0.25) is 0 Å². The Morgan fingerprint density at radius 1 is 0.793 bits per heavy atom. The van der Waals surface area contributed by atoms with Gasteiger partial charge in [0, 0.05) is 29.8 Å². The van der Waals surface area contributed by atoms with Gasteiger partial charge in [-0.1, -0.05) is 59.7 Å². The Morgan fingerprint density at radius 3 is 1.72 bits per heavy atom. The maximum Gasteiger partial charge on any atom is 0.246 e. The van der Waals surface area contributed by atoms with Crippen molar-refractivity contribution in [2.24, 2.45) is 0 Å². The van der Waals surface area contributed by atoms with Crippen LogP contribution in [0.5, 0.6) is 11.5 Å². The fourth-order valence-electron chi connectivity index (χ4n) is 3.63. The highest BCUT2D eigenvalue weighted by molar-refractivity contribution is 14.1. The van der Waals surface area contributed by atoms with Crippen molar-refractivity contribution in [1.29, 1.82) is 0 Å². The molecule has 0 aromatic heterocycles. The van der Waals surface area contributed by atoms with E-state index in [0.717, 1.165) is 41.9 Å². The maximum atomic E-state index is 14.9. The fraction of sp³-hybridized carbons (Fsp3) is 0.250. The summed E-state index contributed by atoms with van der Waals surface area (Å²) in [6.45, 7) is 9.84. The van der Waals surface area contributed by atoms with Gasteiger partial charge in [0.2, 0.25) is 5.79 Å². The van der Waals surface area contributed by atoms with Gasteiger partial charge in [0.25, 0.3) is 0 Å². The van der Waals surface area contributed by atoms with E-state index in [1.54, 1.807) is 0 Å². The second kappa shape index (κ2) is 7.17. The van der Waals surface area contributed by atoms with Crippen molar-refractivity contribution in [1.82, 2.24) is 0 Å². The number of benzene rings is 3. The first-order valence-corrected chi connectivity index (χ1v) is 12.4. The molecule has 0 saturated carbocycles. The minimum atomic E-state index is -3.10. The summed E-state index contributed by atoms with van der Waals surface area (Å²) in [6.07, 6.45) is 0. The van der Waals surface area contributed by atoms with Crippen LogP contribution in [-0.4, -0.2) is 5.79 Å². The third kappa shape index (κ3) is 3.51. The van der Waals surface area contributed by atoms with Gasteiger partial charge in [-0.25, -0.2) is 0 Å². The first-order valence-electron chi connectivity index (χ1n) is 9.58. The average molecular weight is 518 g/mol. The summed E-state index contributed by atoms with van der Waals surface area (Å²) < 4.78 is 27.8. The lowest BCUT2D eigenvalue weighted by molar-refractivity contribution is -0.0437. The third-order valence-corrected chi connectivity index (χ3v) is 9.75. The van der Waals surface area contributed by atoms with E-state index in [1.807, 2.05) is 89.2 Å². The lowest BCUT2D eigenvalue weighted by atomic mass is 10.2. The second-order valence-electron chi connectivity index (χ2n) is 8.07. The molecule has 0 atom stereocenters. The molecule has 3 nitrogen and oxygen atoms in total. The quantitative estimate of drug-likeness (QED) is 0.346. The Bertz CT molecular complexity index is 1080. The Balaban J connectivity index is 2.01. The summed E-state index contributed by atoms with van der Waals surface area (Å²) in [6, 6.07) is 18.0. The normalized spacial score (nSPS) is 14.8. The molecule has 1 aliphatic heterocycles. The minimum absolute atomic E-state index is 0.685. The van der Waals surface area contributed by atoms with Gasteiger partial charge in [0.1, 0.15) is 0 Å². The molecule has 0 radical (unpaired) electrons. The molecule has 0 unspecified atom stereocenters. The molecule has 0 bridgehead atoms. The number of fused-ring (bicyclic) bond motifs is 1. The van der Waals surface area contributed by atoms with Gasteiger partial charge in [0.05, 0.1) is 3.57 Å². The van der Waals surface area contributed by atoms with Crippen molar-refractivity contribution in [2.75, 3.05) is 0 Å². The molecule has 1 heterocycles. The van der Waals surface area contributed by atoms with Crippen molar-refractivity contribution in [3.05, 3.63) is 74.9 Å². The molecular weight excluding hydrogens is 494 g/mol. The monoisotopic (exact) mass is 518 g/mol. The Kier molecular flexibility index (Phi) is 5.07. The van der Waals surface area contributed by atoms with E-state index in [2.05, 4.69) is 22.6 Å². The maximum absolute atomic E-state index is 14.9. The first-order chi connectivity index (χ1) is 13.6. The van der Waals surface area contributed by atoms with E-state index in [1.165, 1.54) is 0 Å². The molecule has 3 aromatic carbocycles. The topological polar surface area (TPSA) is 35.5 Å². The molecule has 0 saturated heterocycles. The zero-order chi connectivity index (χ0) is 21.0. The Morgan fingerprint density at radius 2 is 1.24 bits per heavy atom. The minimum Gasteiger partial charge on any atom is -0.449 e. The molecule has 0 spiro atoms. The van der Waals surface area contributed by atoms with Crippen LogP contribution in [0.15, 0.2) is 54.6 Å². The number of rotatable bonds is 3. The standard InChI is InChI=1S/C24H24IO3P/c1-15-6-10-18(11-7-15)29(26,19-12-8-16(2)9-13-19)20-14-17(3)22-23(21(20)25)28-24(4,5)27-22/h6-14H,1-5H3. The molecular formula is C24H24IO3P. The zero-order valence-electron chi connectivity index (χ0n) is 17.2. The highest BCUT2D eigenvalue weighted by atomic mass is 127. The van der Waals surface area contributed by atoms with Crippen LogP contribution >= 0.6 is 29.7 Å². The van der Waals surface area contributed by atoms with E-state index < -0.39 is 12.9 Å². The summed E-state index contributed by atoms with van der Waals surface area (Å²) in [5, 5.41) is 2.44. The van der Waals surface area contributed by atoms with E-state index in [9.17, 15) is 4.57 Å². The SMILES string of the molecule is Cc1ccc(P(=O)(c2ccc(C)cc2)c2cc(C)c3c(c2I)OC(C)(C)O3)cc1. The number of hydrogen-bond donors (Lipinski definition) is 0. The van der Waals surface area contributed by atoms with Crippen LogP contribution in [0.25, 0.3) is 0 Å². The van der Waals surface area contributed by atoms with Gasteiger partial charge in [0.15, 0.2) is 18.6 Å². The van der Waals surface area contributed by atoms with Crippen molar-refractivity contribution < 1.29 is 14.0 Å². The highest BCUT2D eigenvalue weighted by Gasteiger charge is 2.40.